The summed E-state index contributed by atoms with van der Waals surface area (Å²) in [5.74, 6) is 0. The third kappa shape index (κ3) is 7.08. The largest absolute Gasteiger partial charge is 0.364 e. The molecule has 1 atom stereocenters. The van der Waals surface area contributed by atoms with Crippen LogP contribution in [0.2, 0.25) is 0 Å². The van der Waals surface area contributed by atoms with Crippen LogP contribution < -0.4 is 0 Å². The summed E-state index contributed by atoms with van der Waals surface area (Å²) in [6, 6.07) is 2.01. The Hall–Kier alpha value is -0.810. The maximum Gasteiger partial charge on any atom is 0.141 e. The zero-order valence-corrected chi connectivity index (χ0v) is 7.26. The molecule has 0 spiro atoms. The summed E-state index contributed by atoms with van der Waals surface area (Å²) < 4.78 is 5.14. The lowest BCUT2D eigenvalue weighted by Crippen LogP contribution is -2.05. The standard InChI is InChI=1S/C9H15NO/c1-8(2)5-4-6-11-9(3)7-10/h9H,1,4-6H2,2-3H3. The second kappa shape index (κ2) is 5.94. The van der Waals surface area contributed by atoms with Crippen molar-refractivity contribution in [1.82, 2.24) is 0 Å². The molecule has 2 nitrogen and oxygen atoms in total. The third-order valence-corrected chi connectivity index (χ3v) is 1.30. The molecule has 0 rings (SSSR count). The summed E-state index contributed by atoms with van der Waals surface area (Å²) in [6.45, 7) is 8.17. The van der Waals surface area contributed by atoms with Gasteiger partial charge in [-0.25, -0.2) is 0 Å². The summed E-state index contributed by atoms with van der Waals surface area (Å²) in [7, 11) is 0. The topological polar surface area (TPSA) is 33.0 Å². The second-order valence-corrected chi connectivity index (χ2v) is 2.70. The molecule has 0 saturated heterocycles. The van der Waals surface area contributed by atoms with E-state index in [1.807, 2.05) is 13.0 Å². The predicted molar refractivity (Wildman–Crippen MR) is 45.1 cm³/mol. The Morgan fingerprint density at radius 2 is 2.36 bits per heavy atom. The van der Waals surface area contributed by atoms with Gasteiger partial charge in [0.2, 0.25) is 0 Å². The van der Waals surface area contributed by atoms with Crippen LogP contribution in [0.5, 0.6) is 0 Å². The van der Waals surface area contributed by atoms with Crippen molar-refractivity contribution in [2.24, 2.45) is 0 Å². The third-order valence-electron chi connectivity index (χ3n) is 1.30. The maximum absolute atomic E-state index is 8.35. The highest BCUT2D eigenvalue weighted by atomic mass is 16.5. The van der Waals surface area contributed by atoms with Gasteiger partial charge in [-0.1, -0.05) is 5.57 Å². The Morgan fingerprint density at radius 3 is 2.82 bits per heavy atom. The molecule has 0 N–H and O–H groups in total. The summed E-state index contributed by atoms with van der Waals surface area (Å²) in [5, 5.41) is 8.35. The molecular formula is C9H15NO. The van der Waals surface area contributed by atoms with Crippen LogP contribution in [0.25, 0.3) is 0 Å². The first kappa shape index (κ1) is 10.2. The average molecular weight is 153 g/mol. The fourth-order valence-electron chi connectivity index (χ4n) is 0.671. The molecule has 0 aromatic heterocycles. The van der Waals surface area contributed by atoms with E-state index in [2.05, 4.69) is 6.58 Å². The van der Waals surface area contributed by atoms with E-state index in [1.165, 1.54) is 5.57 Å². The number of hydrogen-bond acceptors (Lipinski definition) is 2. The van der Waals surface area contributed by atoms with Crippen molar-refractivity contribution < 1.29 is 4.74 Å². The summed E-state index contributed by atoms with van der Waals surface area (Å²) >= 11 is 0. The molecule has 0 radical (unpaired) electrons. The molecule has 62 valence electrons. The van der Waals surface area contributed by atoms with Crippen LogP contribution in [0.1, 0.15) is 26.7 Å². The van der Waals surface area contributed by atoms with Gasteiger partial charge in [-0.15, -0.1) is 6.58 Å². The molecule has 0 bridgehead atoms. The monoisotopic (exact) mass is 153 g/mol. The Labute approximate surface area is 68.5 Å². The molecule has 0 saturated carbocycles. The van der Waals surface area contributed by atoms with E-state index in [4.69, 9.17) is 10.00 Å². The molecule has 0 amide bonds. The molecule has 0 aliphatic carbocycles. The molecule has 0 aromatic carbocycles. The van der Waals surface area contributed by atoms with Gasteiger partial charge >= 0.3 is 0 Å². The second-order valence-electron chi connectivity index (χ2n) is 2.70. The van der Waals surface area contributed by atoms with E-state index in [1.54, 1.807) is 6.92 Å². The van der Waals surface area contributed by atoms with Crippen LogP contribution in [0.3, 0.4) is 0 Å². The van der Waals surface area contributed by atoms with Crippen LogP contribution >= 0.6 is 0 Å². The zero-order chi connectivity index (χ0) is 8.69. The van der Waals surface area contributed by atoms with E-state index in [-0.39, 0.29) is 6.10 Å². The molecule has 0 fully saturated rings. The minimum absolute atomic E-state index is 0.278. The Balaban J connectivity index is 3.16. The van der Waals surface area contributed by atoms with Gasteiger partial charge in [0.15, 0.2) is 0 Å². The molecule has 0 aliphatic rings. The molecule has 0 heterocycles. The van der Waals surface area contributed by atoms with Crippen molar-refractivity contribution in [1.29, 1.82) is 5.26 Å². The van der Waals surface area contributed by atoms with Gasteiger partial charge < -0.3 is 4.74 Å². The first-order chi connectivity index (χ1) is 5.16. The van der Waals surface area contributed by atoms with Crippen LogP contribution in [0.4, 0.5) is 0 Å². The molecule has 1 unspecified atom stereocenters. The fourth-order valence-corrected chi connectivity index (χ4v) is 0.671. The number of nitrogens with zero attached hydrogens (tertiary/aromatic N) is 1. The number of nitriles is 1. The van der Waals surface area contributed by atoms with Gasteiger partial charge in [0.05, 0.1) is 6.07 Å². The van der Waals surface area contributed by atoms with E-state index < -0.39 is 0 Å². The van der Waals surface area contributed by atoms with Crippen LogP contribution in [-0.2, 0) is 4.74 Å². The van der Waals surface area contributed by atoms with Gasteiger partial charge in [-0.05, 0) is 26.7 Å². The first-order valence-electron chi connectivity index (χ1n) is 3.82. The van der Waals surface area contributed by atoms with E-state index in [9.17, 15) is 0 Å². The summed E-state index contributed by atoms with van der Waals surface area (Å²) in [5.41, 5.74) is 1.17. The van der Waals surface area contributed by atoms with Crippen LogP contribution in [0.15, 0.2) is 12.2 Å². The predicted octanol–water partition coefficient (Wildman–Crippen LogP) is 2.27. The van der Waals surface area contributed by atoms with Crippen molar-refractivity contribution >= 4 is 0 Å². The number of rotatable bonds is 5. The summed E-state index contributed by atoms with van der Waals surface area (Å²) in [6.07, 6.45) is 1.67. The van der Waals surface area contributed by atoms with E-state index in [0.717, 1.165) is 12.8 Å². The van der Waals surface area contributed by atoms with Crippen LogP contribution in [0, 0.1) is 11.3 Å². The lowest BCUT2D eigenvalue weighted by atomic mass is 10.2. The number of ether oxygens (including phenoxy) is 1. The summed E-state index contributed by atoms with van der Waals surface area (Å²) in [4.78, 5) is 0. The normalized spacial score (nSPS) is 12.1. The van der Waals surface area contributed by atoms with Crippen molar-refractivity contribution in [3.8, 4) is 6.07 Å². The zero-order valence-electron chi connectivity index (χ0n) is 7.26. The van der Waals surface area contributed by atoms with E-state index >= 15 is 0 Å². The lowest BCUT2D eigenvalue weighted by Gasteiger charge is -2.04. The quantitative estimate of drug-likeness (QED) is 0.448. The highest BCUT2D eigenvalue weighted by Gasteiger charge is 1.96. The highest BCUT2D eigenvalue weighted by Crippen LogP contribution is 2.01. The highest BCUT2D eigenvalue weighted by molar-refractivity contribution is 4.87. The van der Waals surface area contributed by atoms with Crippen molar-refractivity contribution in [2.45, 2.75) is 32.8 Å². The Kier molecular flexibility index (Phi) is 5.50. The smallest absolute Gasteiger partial charge is 0.141 e. The van der Waals surface area contributed by atoms with Crippen LogP contribution in [-0.4, -0.2) is 12.7 Å². The number of hydrogen-bond donors (Lipinski definition) is 0. The average Bonchev–Trinajstić information content (AvgIpc) is 1.97. The Morgan fingerprint density at radius 1 is 1.73 bits per heavy atom. The van der Waals surface area contributed by atoms with Gasteiger partial charge in [0.25, 0.3) is 0 Å². The first-order valence-corrected chi connectivity index (χ1v) is 3.82. The maximum atomic E-state index is 8.35. The minimum atomic E-state index is -0.278. The van der Waals surface area contributed by atoms with Crippen molar-refractivity contribution in [3.63, 3.8) is 0 Å². The van der Waals surface area contributed by atoms with Gasteiger partial charge in [-0.2, -0.15) is 5.26 Å². The SMILES string of the molecule is C=C(C)CCCOC(C)C#N. The molecule has 11 heavy (non-hydrogen) atoms. The Bertz CT molecular complexity index is 157. The van der Waals surface area contributed by atoms with Gasteiger partial charge in [0.1, 0.15) is 6.10 Å². The fraction of sp³-hybridized carbons (Fsp3) is 0.667. The molecule has 2 heteroatoms. The van der Waals surface area contributed by atoms with E-state index in [0.29, 0.717) is 6.61 Å². The van der Waals surface area contributed by atoms with Crippen molar-refractivity contribution in [2.75, 3.05) is 6.61 Å². The minimum Gasteiger partial charge on any atom is -0.364 e. The van der Waals surface area contributed by atoms with Gasteiger partial charge in [0, 0.05) is 6.61 Å². The molecular weight excluding hydrogens is 138 g/mol. The lowest BCUT2D eigenvalue weighted by molar-refractivity contribution is 0.100. The van der Waals surface area contributed by atoms with Gasteiger partial charge in [-0.3, -0.25) is 0 Å². The van der Waals surface area contributed by atoms with Crippen molar-refractivity contribution in [3.05, 3.63) is 12.2 Å². The molecule has 0 aliphatic heterocycles. The molecule has 0 aromatic rings. The number of allylic oxidation sites excluding steroid dienone is 1.